The van der Waals surface area contributed by atoms with Gasteiger partial charge in [0.1, 0.15) is 12.1 Å². The molecule has 0 aromatic heterocycles. The minimum absolute atomic E-state index is 0.167. The van der Waals surface area contributed by atoms with Crippen LogP contribution in [0.3, 0.4) is 0 Å². The fourth-order valence-corrected chi connectivity index (χ4v) is 5.39. The zero-order valence-electron chi connectivity index (χ0n) is 31.3. The summed E-state index contributed by atoms with van der Waals surface area (Å²) in [7, 11) is 0. The molecule has 0 rings (SSSR count). The number of nitrogens with two attached hydrogens (primary N) is 1. The van der Waals surface area contributed by atoms with Gasteiger partial charge in [-0.1, -0.05) is 139 Å². The number of aliphatic carboxylic acids is 1. The summed E-state index contributed by atoms with van der Waals surface area (Å²) in [6.07, 6.45) is 44.1. The monoisotopic (exact) mass is 685 g/mol. The van der Waals surface area contributed by atoms with Crippen molar-refractivity contribution in [2.45, 2.75) is 180 Å². The van der Waals surface area contributed by atoms with E-state index in [1.807, 2.05) is 12.2 Å². The van der Waals surface area contributed by atoms with Crippen LogP contribution < -0.4 is 11.1 Å². The standard InChI is InChI=1S/C42H72N2O5/c1-3-5-7-9-11-13-15-17-18-19-21-23-25-27-32-38(33-29-30-35-40(45)44-39(42(47)48)34-31-37-43)49-41(46)36-28-26-24-22-20-16-14-12-10-8-6-4-2/h5,7,11,13,17-18,21,23,27,32,38-39H,3-4,6,8-10,12,14-16,19-20,22,24-26,28-31,33-37,43H2,1-2H3,(H,44,45)(H,47,48)/b7-5-,13-11-,18-17-,23-21-,32-27-. The number of rotatable bonds is 34. The Balaban J connectivity index is 4.60. The molecule has 1 amide bonds. The van der Waals surface area contributed by atoms with Crippen molar-refractivity contribution >= 4 is 17.8 Å². The first-order chi connectivity index (χ1) is 23.9. The Morgan fingerprint density at radius 1 is 0.612 bits per heavy atom. The van der Waals surface area contributed by atoms with E-state index in [-0.39, 0.29) is 24.4 Å². The maximum Gasteiger partial charge on any atom is 0.326 e. The van der Waals surface area contributed by atoms with E-state index in [2.05, 4.69) is 67.8 Å². The van der Waals surface area contributed by atoms with E-state index in [1.165, 1.54) is 64.2 Å². The van der Waals surface area contributed by atoms with Gasteiger partial charge in [0.2, 0.25) is 5.91 Å². The van der Waals surface area contributed by atoms with Gasteiger partial charge >= 0.3 is 11.9 Å². The van der Waals surface area contributed by atoms with Crippen LogP contribution in [0.5, 0.6) is 0 Å². The maximum atomic E-state index is 12.7. The Morgan fingerprint density at radius 2 is 1.10 bits per heavy atom. The highest BCUT2D eigenvalue weighted by atomic mass is 16.5. The number of allylic oxidation sites excluding steroid dienone is 9. The Morgan fingerprint density at radius 3 is 1.61 bits per heavy atom. The molecule has 0 bridgehead atoms. The lowest BCUT2D eigenvalue weighted by molar-refractivity contribution is -0.147. The first-order valence-electron chi connectivity index (χ1n) is 19.6. The van der Waals surface area contributed by atoms with Crippen LogP contribution >= 0.6 is 0 Å². The number of hydrogen-bond acceptors (Lipinski definition) is 5. The van der Waals surface area contributed by atoms with Crippen molar-refractivity contribution in [1.82, 2.24) is 5.32 Å². The first kappa shape index (κ1) is 46.1. The minimum atomic E-state index is -1.04. The third-order valence-electron chi connectivity index (χ3n) is 8.33. The molecule has 2 unspecified atom stereocenters. The van der Waals surface area contributed by atoms with Crippen molar-refractivity contribution in [2.75, 3.05) is 6.54 Å². The van der Waals surface area contributed by atoms with Crippen LogP contribution in [-0.2, 0) is 19.1 Å². The molecule has 0 aliphatic rings. The van der Waals surface area contributed by atoms with E-state index in [1.54, 1.807) is 0 Å². The SMILES string of the molecule is CC/C=C\C/C=C\C/C=C\C/C=C\C/C=C\C(CCCCC(=O)NC(CCCN)C(=O)O)OC(=O)CCCCCCCCCCCCCC. The number of amides is 1. The van der Waals surface area contributed by atoms with Gasteiger partial charge in [0.05, 0.1) is 0 Å². The summed E-state index contributed by atoms with van der Waals surface area (Å²) in [5.74, 6) is -1.49. The Hall–Kier alpha value is -2.93. The average Bonchev–Trinajstić information content (AvgIpc) is 3.08. The molecule has 0 aliphatic carbocycles. The fraction of sp³-hybridized carbons (Fsp3) is 0.690. The summed E-state index contributed by atoms with van der Waals surface area (Å²) in [6.45, 7) is 4.78. The number of carbonyl (C=O) groups is 3. The molecule has 7 nitrogen and oxygen atoms in total. The molecule has 0 saturated carbocycles. The highest BCUT2D eigenvalue weighted by molar-refractivity contribution is 5.83. The van der Waals surface area contributed by atoms with Crippen molar-refractivity contribution in [1.29, 1.82) is 0 Å². The molecule has 4 N–H and O–H groups in total. The van der Waals surface area contributed by atoms with Gasteiger partial charge in [-0.05, 0) is 83.2 Å². The smallest absolute Gasteiger partial charge is 0.326 e. The zero-order valence-corrected chi connectivity index (χ0v) is 31.3. The number of carboxylic acids is 1. The van der Waals surface area contributed by atoms with Gasteiger partial charge in [0.25, 0.3) is 0 Å². The summed E-state index contributed by atoms with van der Waals surface area (Å²) in [5.41, 5.74) is 5.49. The minimum Gasteiger partial charge on any atom is -0.480 e. The quantitative estimate of drug-likeness (QED) is 0.0353. The molecule has 0 aromatic rings. The van der Waals surface area contributed by atoms with Crippen molar-refractivity contribution in [3.8, 4) is 0 Å². The van der Waals surface area contributed by atoms with Crippen LogP contribution in [0.2, 0.25) is 0 Å². The predicted octanol–water partition coefficient (Wildman–Crippen LogP) is 10.6. The lowest BCUT2D eigenvalue weighted by atomic mass is 10.0. The molecule has 0 fully saturated rings. The summed E-state index contributed by atoms with van der Waals surface area (Å²) in [4.78, 5) is 36.4. The Bertz CT molecular complexity index is 953. The number of hydrogen-bond donors (Lipinski definition) is 3. The van der Waals surface area contributed by atoms with Crippen LogP contribution in [0.1, 0.15) is 168 Å². The van der Waals surface area contributed by atoms with E-state index in [0.29, 0.717) is 45.1 Å². The highest BCUT2D eigenvalue weighted by Crippen LogP contribution is 2.15. The van der Waals surface area contributed by atoms with Crippen LogP contribution in [0, 0.1) is 0 Å². The number of esters is 1. The second-order valence-electron chi connectivity index (χ2n) is 13.0. The topological polar surface area (TPSA) is 119 Å². The molecule has 7 heteroatoms. The molecule has 0 aliphatic heterocycles. The predicted molar refractivity (Wildman–Crippen MR) is 206 cm³/mol. The van der Waals surface area contributed by atoms with Crippen molar-refractivity contribution in [3.63, 3.8) is 0 Å². The Kier molecular flexibility index (Phi) is 34.2. The average molecular weight is 685 g/mol. The number of carbonyl (C=O) groups excluding carboxylic acids is 2. The van der Waals surface area contributed by atoms with Crippen molar-refractivity contribution in [3.05, 3.63) is 60.8 Å². The van der Waals surface area contributed by atoms with Gasteiger partial charge in [-0.15, -0.1) is 0 Å². The number of unbranched alkanes of at least 4 members (excludes halogenated alkanes) is 12. The number of carboxylic acid groups (broad SMARTS) is 1. The molecular weight excluding hydrogens is 612 g/mol. The van der Waals surface area contributed by atoms with Gasteiger partial charge in [-0.2, -0.15) is 0 Å². The molecule has 280 valence electrons. The van der Waals surface area contributed by atoms with Crippen LogP contribution in [0.15, 0.2) is 60.8 Å². The third kappa shape index (κ3) is 33.3. The Labute approximate surface area is 300 Å². The van der Waals surface area contributed by atoms with Crippen LogP contribution in [0.4, 0.5) is 0 Å². The van der Waals surface area contributed by atoms with Gasteiger partial charge in [-0.3, -0.25) is 9.59 Å². The number of ether oxygens (including phenoxy) is 1. The zero-order chi connectivity index (χ0) is 36.0. The lowest BCUT2D eigenvalue weighted by Gasteiger charge is -2.16. The van der Waals surface area contributed by atoms with E-state index in [9.17, 15) is 19.5 Å². The van der Waals surface area contributed by atoms with E-state index >= 15 is 0 Å². The van der Waals surface area contributed by atoms with Gasteiger partial charge in [-0.25, -0.2) is 4.79 Å². The second-order valence-corrected chi connectivity index (χ2v) is 13.0. The summed E-state index contributed by atoms with van der Waals surface area (Å²) >= 11 is 0. The molecule has 2 atom stereocenters. The fourth-order valence-electron chi connectivity index (χ4n) is 5.39. The van der Waals surface area contributed by atoms with Crippen LogP contribution in [-0.4, -0.2) is 41.6 Å². The normalized spacial score (nSPS) is 13.4. The maximum absolute atomic E-state index is 12.7. The molecular formula is C42H72N2O5. The van der Waals surface area contributed by atoms with Crippen molar-refractivity contribution < 1.29 is 24.2 Å². The van der Waals surface area contributed by atoms with Crippen molar-refractivity contribution in [2.24, 2.45) is 5.73 Å². The molecule has 0 spiro atoms. The van der Waals surface area contributed by atoms with E-state index in [4.69, 9.17) is 10.5 Å². The highest BCUT2D eigenvalue weighted by Gasteiger charge is 2.19. The lowest BCUT2D eigenvalue weighted by Crippen LogP contribution is -2.40. The van der Waals surface area contributed by atoms with Crippen LogP contribution in [0.25, 0.3) is 0 Å². The van der Waals surface area contributed by atoms with Gasteiger partial charge < -0.3 is 20.9 Å². The number of nitrogens with one attached hydrogen (secondary N) is 1. The summed E-state index contributed by atoms with van der Waals surface area (Å²) in [6, 6.07) is -0.911. The summed E-state index contributed by atoms with van der Waals surface area (Å²) in [5, 5.41) is 11.9. The first-order valence-corrected chi connectivity index (χ1v) is 19.6. The second kappa shape index (κ2) is 36.4. The molecule has 0 heterocycles. The molecule has 0 saturated heterocycles. The van der Waals surface area contributed by atoms with E-state index < -0.39 is 12.0 Å². The molecule has 0 aromatic carbocycles. The van der Waals surface area contributed by atoms with Gasteiger partial charge in [0, 0.05) is 12.8 Å². The third-order valence-corrected chi connectivity index (χ3v) is 8.33. The molecule has 0 radical (unpaired) electrons. The van der Waals surface area contributed by atoms with E-state index in [0.717, 1.165) is 44.9 Å². The summed E-state index contributed by atoms with van der Waals surface area (Å²) < 4.78 is 5.85. The largest absolute Gasteiger partial charge is 0.480 e. The molecule has 49 heavy (non-hydrogen) atoms. The van der Waals surface area contributed by atoms with Gasteiger partial charge in [0.15, 0.2) is 0 Å².